The van der Waals surface area contributed by atoms with E-state index in [9.17, 15) is 9.59 Å². The highest BCUT2D eigenvalue weighted by atomic mass is 32.1. The average molecular weight is 270 g/mol. The molecule has 0 saturated carbocycles. The van der Waals surface area contributed by atoms with E-state index in [0.717, 1.165) is 25.9 Å². The molecule has 2 aliphatic heterocycles. The number of nitrogens with two attached hydrogens (primary N) is 1. The number of carbonyl (C=O) groups is 2. The van der Waals surface area contributed by atoms with Crippen molar-refractivity contribution < 1.29 is 9.59 Å². The van der Waals surface area contributed by atoms with Gasteiger partial charge in [-0.1, -0.05) is 12.2 Å². The molecule has 0 aromatic carbocycles. The molecule has 0 aliphatic carbocycles. The van der Waals surface area contributed by atoms with Gasteiger partial charge >= 0.3 is 11.8 Å². The van der Waals surface area contributed by atoms with E-state index in [4.69, 9.17) is 5.73 Å². The minimum Gasteiger partial charge on any atom is -0.392 e. The Balaban J connectivity index is 1.80. The van der Waals surface area contributed by atoms with Gasteiger partial charge in [-0.25, -0.2) is 0 Å². The topological polar surface area (TPSA) is 87.5 Å². The van der Waals surface area contributed by atoms with Crippen LogP contribution in [0.3, 0.4) is 0 Å². The van der Waals surface area contributed by atoms with E-state index in [1.165, 1.54) is 6.42 Å². The van der Waals surface area contributed by atoms with Crippen molar-refractivity contribution in [3.05, 3.63) is 0 Å². The van der Waals surface area contributed by atoms with Crippen LogP contribution in [0.5, 0.6) is 0 Å². The van der Waals surface area contributed by atoms with Crippen LogP contribution in [0.15, 0.2) is 0 Å². The molecule has 2 amide bonds. The number of fused-ring (bicyclic) bond motifs is 1. The van der Waals surface area contributed by atoms with Crippen LogP contribution >= 0.6 is 12.2 Å². The van der Waals surface area contributed by atoms with Crippen LogP contribution in [-0.4, -0.2) is 53.4 Å². The molecule has 0 aromatic rings. The molecule has 100 valence electrons. The lowest BCUT2D eigenvalue weighted by Crippen LogP contribution is -2.49. The third-order valence-corrected chi connectivity index (χ3v) is 3.70. The van der Waals surface area contributed by atoms with E-state index in [1.807, 2.05) is 0 Å². The normalized spacial score (nSPS) is 26.7. The smallest absolute Gasteiger partial charge is 0.309 e. The molecule has 2 atom stereocenters. The Labute approximate surface area is 111 Å². The standard InChI is InChI=1S/C11H18N4O2S/c12-9(18)6-13-10(16)11(17)14-7-3-5-15-4-1-2-8(7)15/h7-8H,1-6H2,(H2,12,18)(H,13,16)(H,14,17). The maximum atomic E-state index is 11.7. The molecule has 2 rings (SSSR count). The largest absolute Gasteiger partial charge is 0.392 e. The number of hydrogen-bond donors (Lipinski definition) is 3. The maximum absolute atomic E-state index is 11.7. The van der Waals surface area contributed by atoms with Gasteiger partial charge in [-0.2, -0.15) is 0 Å². The second-order valence-electron chi connectivity index (χ2n) is 4.76. The molecule has 2 aliphatic rings. The van der Waals surface area contributed by atoms with E-state index < -0.39 is 11.8 Å². The van der Waals surface area contributed by atoms with Gasteiger partial charge in [0.05, 0.1) is 11.5 Å². The fraction of sp³-hybridized carbons (Fsp3) is 0.727. The van der Waals surface area contributed by atoms with Crippen LogP contribution in [0.2, 0.25) is 0 Å². The predicted molar refractivity (Wildman–Crippen MR) is 70.9 cm³/mol. The Morgan fingerprint density at radius 3 is 2.78 bits per heavy atom. The van der Waals surface area contributed by atoms with Gasteiger partial charge in [-0.3, -0.25) is 14.5 Å². The summed E-state index contributed by atoms with van der Waals surface area (Å²) in [6.45, 7) is 2.16. The summed E-state index contributed by atoms with van der Waals surface area (Å²) in [5, 5.41) is 5.18. The van der Waals surface area contributed by atoms with Crippen molar-refractivity contribution in [2.45, 2.75) is 31.3 Å². The molecule has 4 N–H and O–H groups in total. The van der Waals surface area contributed by atoms with Crippen molar-refractivity contribution in [2.24, 2.45) is 5.73 Å². The molecule has 0 bridgehead atoms. The predicted octanol–water partition coefficient (Wildman–Crippen LogP) is -1.26. The highest BCUT2D eigenvalue weighted by molar-refractivity contribution is 7.80. The van der Waals surface area contributed by atoms with Gasteiger partial charge in [-0.05, 0) is 25.8 Å². The van der Waals surface area contributed by atoms with E-state index in [1.54, 1.807) is 0 Å². The molecule has 0 spiro atoms. The number of carbonyl (C=O) groups excluding carboxylic acids is 2. The minimum atomic E-state index is -0.667. The summed E-state index contributed by atoms with van der Waals surface area (Å²) >= 11 is 4.63. The van der Waals surface area contributed by atoms with Gasteiger partial charge < -0.3 is 16.4 Å². The quantitative estimate of drug-likeness (QED) is 0.440. The molecule has 2 fully saturated rings. The summed E-state index contributed by atoms with van der Waals surface area (Å²) in [5.41, 5.74) is 5.25. The summed E-state index contributed by atoms with van der Waals surface area (Å²) in [6.07, 6.45) is 3.18. The molecule has 2 unspecified atom stereocenters. The number of thiocarbonyl (C=S) groups is 1. The van der Waals surface area contributed by atoms with Gasteiger partial charge in [0.2, 0.25) is 0 Å². The van der Waals surface area contributed by atoms with E-state index in [2.05, 4.69) is 27.8 Å². The zero-order valence-corrected chi connectivity index (χ0v) is 11.0. The van der Waals surface area contributed by atoms with E-state index >= 15 is 0 Å². The molecule has 7 heteroatoms. The van der Waals surface area contributed by atoms with Crippen LogP contribution in [0, 0.1) is 0 Å². The number of amides is 2. The van der Waals surface area contributed by atoms with Crippen LogP contribution in [0.4, 0.5) is 0 Å². The summed E-state index contributed by atoms with van der Waals surface area (Å²) in [4.78, 5) is 25.7. The van der Waals surface area contributed by atoms with Crippen molar-refractivity contribution in [1.82, 2.24) is 15.5 Å². The molecule has 0 radical (unpaired) electrons. The average Bonchev–Trinajstić information content (AvgIpc) is 2.90. The van der Waals surface area contributed by atoms with Crippen LogP contribution < -0.4 is 16.4 Å². The summed E-state index contributed by atoms with van der Waals surface area (Å²) < 4.78 is 0. The molecule has 2 saturated heterocycles. The van der Waals surface area contributed by atoms with E-state index in [0.29, 0.717) is 6.04 Å². The monoisotopic (exact) mass is 270 g/mol. The first kappa shape index (κ1) is 13.2. The molecule has 18 heavy (non-hydrogen) atoms. The van der Waals surface area contributed by atoms with Crippen LogP contribution in [0.1, 0.15) is 19.3 Å². The number of nitrogens with one attached hydrogen (secondary N) is 2. The maximum Gasteiger partial charge on any atom is 0.309 e. The van der Waals surface area contributed by atoms with Crippen molar-refractivity contribution in [3.63, 3.8) is 0 Å². The fourth-order valence-electron chi connectivity index (χ4n) is 2.73. The highest BCUT2D eigenvalue weighted by Gasteiger charge is 2.38. The molecule has 6 nitrogen and oxygen atoms in total. The lowest BCUT2D eigenvalue weighted by Gasteiger charge is -2.20. The van der Waals surface area contributed by atoms with Crippen molar-refractivity contribution in [1.29, 1.82) is 0 Å². The Morgan fingerprint density at radius 2 is 2.06 bits per heavy atom. The van der Waals surface area contributed by atoms with Crippen molar-refractivity contribution in [2.75, 3.05) is 19.6 Å². The Morgan fingerprint density at radius 1 is 1.28 bits per heavy atom. The van der Waals surface area contributed by atoms with E-state index in [-0.39, 0.29) is 17.6 Å². The fourth-order valence-corrected chi connectivity index (χ4v) is 2.80. The van der Waals surface area contributed by atoms with Gasteiger partial charge in [0.1, 0.15) is 0 Å². The first-order valence-corrected chi connectivity index (χ1v) is 6.60. The third-order valence-electron chi connectivity index (χ3n) is 3.55. The SMILES string of the molecule is NC(=S)CNC(=O)C(=O)NC1CCN2CCCC12. The lowest BCUT2D eigenvalue weighted by molar-refractivity contribution is -0.139. The zero-order valence-electron chi connectivity index (χ0n) is 10.1. The van der Waals surface area contributed by atoms with Gasteiger partial charge in [0, 0.05) is 18.6 Å². The lowest BCUT2D eigenvalue weighted by atomic mass is 10.1. The summed E-state index contributed by atoms with van der Waals surface area (Å²) in [6, 6.07) is 0.493. The van der Waals surface area contributed by atoms with Crippen molar-refractivity contribution in [3.8, 4) is 0 Å². The third kappa shape index (κ3) is 2.97. The zero-order chi connectivity index (χ0) is 13.1. The molecular weight excluding hydrogens is 252 g/mol. The second-order valence-corrected chi connectivity index (χ2v) is 5.29. The van der Waals surface area contributed by atoms with Gasteiger partial charge in [0.15, 0.2) is 0 Å². The Kier molecular flexibility index (Phi) is 4.13. The van der Waals surface area contributed by atoms with Crippen LogP contribution in [-0.2, 0) is 9.59 Å². The number of rotatable bonds is 3. The Hall–Kier alpha value is -1.21. The summed E-state index contributed by atoms with van der Waals surface area (Å²) in [7, 11) is 0. The number of nitrogens with zero attached hydrogens (tertiary/aromatic N) is 1. The van der Waals surface area contributed by atoms with Crippen molar-refractivity contribution >= 4 is 29.0 Å². The molecule has 2 heterocycles. The summed E-state index contributed by atoms with van der Waals surface area (Å²) in [5.74, 6) is -1.26. The molecule has 0 aromatic heterocycles. The second kappa shape index (κ2) is 5.62. The first-order chi connectivity index (χ1) is 8.58. The number of hydrogen-bond acceptors (Lipinski definition) is 4. The first-order valence-electron chi connectivity index (χ1n) is 6.19. The van der Waals surface area contributed by atoms with Gasteiger partial charge in [0.25, 0.3) is 0 Å². The molecular formula is C11H18N4O2S. The Bertz CT molecular complexity index is 374. The highest BCUT2D eigenvalue weighted by Crippen LogP contribution is 2.27. The van der Waals surface area contributed by atoms with Crippen LogP contribution in [0.25, 0.3) is 0 Å². The minimum absolute atomic E-state index is 0.0573. The van der Waals surface area contributed by atoms with Gasteiger partial charge in [-0.15, -0.1) is 0 Å².